The first-order valence-electron chi connectivity index (χ1n) is 8.75. The quantitative estimate of drug-likeness (QED) is 0.600. The van der Waals surface area contributed by atoms with E-state index < -0.39 is 0 Å². The van der Waals surface area contributed by atoms with Crippen molar-refractivity contribution in [3.05, 3.63) is 64.6 Å². The third kappa shape index (κ3) is 2.61. The number of hydrogen-bond acceptors (Lipinski definition) is 5. The summed E-state index contributed by atoms with van der Waals surface area (Å²) >= 11 is 0. The standard InChI is InChI=1S/C19H20N6O/c1-3-15-20-10-14-19(26)23-16-17(21-12-22-18(16)25(14)15)24(4-2)11-13-8-6-5-7-9-13/h5-10,12H,3-4,11H2,1-2H3,(H,23,26). The first kappa shape index (κ1) is 16.3. The van der Waals surface area contributed by atoms with Crippen molar-refractivity contribution in [1.82, 2.24) is 24.3 Å². The van der Waals surface area contributed by atoms with Crippen LogP contribution in [0.5, 0.6) is 0 Å². The lowest BCUT2D eigenvalue weighted by Gasteiger charge is -2.23. The van der Waals surface area contributed by atoms with Gasteiger partial charge in [-0.05, 0) is 12.5 Å². The van der Waals surface area contributed by atoms with Crippen LogP contribution in [0.1, 0.15) is 25.2 Å². The van der Waals surface area contributed by atoms with Crippen LogP contribution in [0.3, 0.4) is 0 Å². The van der Waals surface area contributed by atoms with Gasteiger partial charge in [-0.15, -0.1) is 0 Å². The Morgan fingerprint density at radius 2 is 1.92 bits per heavy atom. The van der Waals surface area contributed by atoms with E-state index >= 15 is 0 Å². The van der Waals surface area contributed by atoms with Gasteiger partial charge in [0.2, 0.25) is 0 Å². The molecule has 0 spiro atoms. The van der Waals surface area contributed by atoms with Crippen LogP contribution < -0.4 is 10.5 Å². The van der Waals surface area contributed by atoms with Gasteiger partial charge in [0.1, 0.15) is 23.2 Å². The third-order valence-corrected chi connectivity index (χ3v) is 4.54. The Morgan fingerprint density at radius 1 is 1.12 bits per heavy atom. The van der Waals surface area contributed by atoms with Crippen LogP contribution in [-0.4, -0.2) is 30.9 Å². The topological polar surface area (TPSA) is 79.2 Å². The second-order valence-electron chi connectivity index (χ2n) is 6.10. The number of rotatable bonds is 5. The molecule has 7 nitrogen and oxygen atoms in total. The van der Waals surface area contributed by atoms with Crippen LogP contribution in [0, 0.1) is 0 Å². The molecule has 7 heteroatoms. The summed E-state index contributed by atoms with van der Waals surface area (Å²) in [6, 6.07) is 10.2. The monoisotopic (exact) mass is 348 g/mol. The molecular weight excluding hydrogens is 328 g/mol. The summed E-state index contributed by atoms with van der Waals surface area (Å²) < 4.78 is 1.83. The van der Waals surface area contributed by atoms with Gasteiger partial charge in [-0.1, -0.05) is 37.3 Å². The van der Waals surface area contributed by atoms with E-state index in [1.807, 2.05) is 29.5 Å². The molecule has 3 aromatic heterocycles. The third-order valence-electron chi connectivity index (χ3n) is 4.54. The molecule has 4 rings (SSSR count). The molecule has 26 heavy (non-hydrogen) atoms. The summed E-state index contributed by atoms with van der Waals surface area (Å²) in [5, 5.41) is 0. The molecule has 0 fully saturated rings. The van der Waals surface area contributed by atoms with Gasteiger partial charge >= 0.3 is 0 Å². The van der Waals surface area contributed by atoms with Crippen LogP contribution >= 0.6 is 0 Å². The Bertz CT molecular complexity index is 1120. The Labute approximate surface area is 150 Å². The first-order valence-corrected chi connectivity index (χ1v) is 8.75. The van der Waals surface area contributed by atoms with E-state index in [4.69, 9.17) is 0 Å². The van der Waals surface area contributed by atoms with Crippen LogP contribution in [0.2, 0.25) is 0 Å². The summed E-state index contributed by atoms with van der Waals surface area (Å²) in [5.74, 6) is 1.53. The number of nitrogens with zero attached hydrogens (tertiary/aromatic N) is 5. The number of hydrogen-bond donors (Lipinski definition) is 1. The molecule has 0 amide bonds. The fourth-order valence-corrected chi connectivity index (χ4v) is 3.24. The number of aromatic amines is 1. The van der Waals surface area contributed by atoms with Crippen molar-refractivity contribution in [1.29, 1.82) is 0 Å². The lowest BCUT2D eigenvalue weighted by atomic mass is 10.2. The summed E-state index contributed by atoms with van der Waals surface area (Å²) in [6.07, 6.45) is 3.86. The van der Waals surface area contributed by atoms with Gasteiger partial charge in [0.15, 0.2) is 11.5 Å². The molecular formula is C19H20N6O. The summed E-state index contributed by atoms with van der Waals surface area (Å²) in [7, 11) is 0. The molecule has 0 saturated carbocycles. The van der Waals surface area contributed by atoms with Gasteiger partial charge in [0.25, 0.3) is 5.56 Å². The maximum absolute atomic E-state index is 12.6. The molecule has 0 unspecified atom stereocenters. The molecule has 1 aromatic carbocycles. The van der Waals surface area contributed by atoms with Crippen molar-refractivity contribution < 1.29 is 0 Å². The highest BCUT2D eigenvalue weighted by atomic mass is 16.1. The van der Waals surface area contributed by atoms with Crippen LogP contribution in [0.4, 0.5) is 5.82 Å². The molecule has 0 bridgehead atoms. The van der Waals surface area contributed by atoms with Crippen molar-refractivity contribution in [2.45, 2.75) is 26.8 Å². The molecule has 1 N–H and O–H groups in total. The normalized spacial score (nSPS) is 11.3. The van der Waals surface area contributed by atoms with Gasteiger partial charge in [-0.25, -0.2) is 15.0 Å². The van der Waals surface area contributed by atoms with Crippen LogP contribution in [0.25, 0.3) is 16.7 Å². The fourth-order valence-electron chi connectivity index (χ4n) is 3.24. The zero-order chi connectivity index (χ0) is 18.1. The van der Waals surface area contributed by atoms with E-state index in [1.54, 1.807) is 12.5 Å². The minimum Gasteiger partial charge on any atom is -0.351 e. The Balaban J connectivity index is 1.92. The zero-order valence-corrected chi connectivity index (χ0v) is 14.8. The smallest absolute Gasteiger partial charge is 0.274 e. The predicted molar refractivity (Wildman–Crippen MR) is 101 cm³/mol. The second-order valence-corrected chi connectivity index (χ2v) is 6.10. The predicted octanol–water partition coefficient (Wildman–Crippen LogP) is 2.55. The van der Waals surface area contributed by atoms with Gasteiger partial charge < -0.3 is 9.88 Å². The number of fused-ring (bicyclic) bond motifs is 3. The van der Waals surface area contributed by atoms with Crippen molar-refractivity contribution in [3.8, 4) is 0 Å². The van der Waals surface area contributed by atoms with E-state index in [-0.39, 0.29) is 5.56 Å². The van der Waals surface area contributed by atoms with E-state index in [2.05, 4.69) is 43.9 Å². The van der Waals surface area contributed by atoms with Crippen LogP contribution in [0.15, 0.2) is 47.7 Å². The molecule has 4 aromatic rings. The Morgan fingerprint density at radius 3 is 2.65 bits per heavy atom. The second kappa shape index (κ2) is 6.59. The van der Waals surface area contributed by atoms with Crippen molar-refractivity contribution in [3.63, 3.8) is 0 Å². The number of nitrogens with one attached hydrogen (secondary N) is 1. The summed E-state index contributed by atoms with van der Waals surface area (Å²) in [5.41, 5.74) is 2.81. The van der Waals surface area contributed by atoms with Gasteiger partial charge in [0, 0.05) is 19.5 Å². The minimum atomic E-state index is -0.184. The number of aryl methyl sites for hydroxylation is 1. The molecule has 0 saturated heterocycles. The van der Waals surface area contributed by atoms with Crippen LogP contribution in [-0.2, 0) is 13.0 Å². The van der Waals surface area contributed by atoms with Crippen molar-refractivity contribution in [2.24, 2.45) is 0 Å². The van der Waals surface area contributed by atoms with Gasteiger partial charge in [-0.3, -0.25) is 9.20 Å². The number of anilines is 1. The minimum absolute atomic E-state index is 0.184. The van der Waals surface area contributed by atoms with Crippen molar-refractivity contribution >= 4 is 22.5 Å². The molecule has 0 atom stereocenters. The first-order chi connectivity index (χ1) is 12.7. The lowest BCUT2D eigenvalue weighted by Crippen LogP contribution is -2.25. The number of benzene rings is 1. The average molecular weight is 348 g/mol. The van der Waals surface area contributed by atoms with Crippen molar-refractivity contribution in [2.75, 3.05) is 11.4 Å². The summed E-state index contributed by atoms with van der Waals surface area (Å²) in [6.45, 7) is 5.54. The maximum Gasteiger partial charge on any atom is 0.274 e. The fraction of sp³-hybridized carbons (Fsp3) is 0.263. The lowest BCUT2D eigenvalue weighted by molar-refractivity contribution is 0.812. The Hall–Kier alpha value is -3.22. The van der Waals surface area contributed by atoms with E-state index in [9.17, 15) is 4.79 Å². The number of H-pyrrole nitrogens is 1. The largest absolute Gasteiger partial charge is 0.351 e. The highest BCUT2D eigenvalue weighted by Gasteiger charge is 2.17. The summed E-state index contributed by atoms with van der Waals surface area (Å²) in [4.78, 5) is 30.9. The zero-order valence-electron chi connectivity index (χ0n) is 14.8. The van der Waals surface area contributed by atoms with E-state index in [0.717, 1.165) is 18.2 Å². The Kier molecular flexibility index (Phi) is 4.12. The van der Waals surface area contributed by atoms with Gasteiger partial charge in [0.05, 0.1) is 6.20 Å². The van der Waals surface area contributed by atoms with E-state index in [0.29, 0.717) is 29.6 Å². The number of imidazole rings is 1. The number of aromatic nitrogens is 5. The molecule has 0 aliphatic heterocycles. The molecule has 0 aliphatic rings. The molecule has 132 valence electrons. The average Bonchev–Trinajstić information content (AvgIpc) is 3.12. The molecule has 0 aliphatic carbocycles. The highest BCUT2D eigenvalue weighted by Crippen LogP contribution is 2.23. The van der Waals surface area contributed by atoms with E-state index in [1.165, 1.54) is 5.56 Å². The SMILES string of the molecule is CCc1ncc2c(=O)[nH]c3c(N(CC)Cc4ccccc4)ncnc3n12. The molecule has 0 radical (unpaired) electrons. The molecule has 3 heterocycles. The maximum atomic E-state index is 12.6. The highest BCUT2D eigenvalue weighted by molar-refractivity contribution is 5.85. The van der Waals surface area contributed by atoms with Gasteiger partial charge in [-0.2, -0.15) is 0 Å².